The summed E-state index contributed by atoms with van der Waals surface area (Å²) in [4.78, 5) is 0. The summed E-state index contributed by atoms with van der Waals surface area (Å²) in [5, 5.41) is 1.93. The van der Waals surface area contributed by atoms with E-state index < -0.39 is 0 Å². The molecule has 0 radical (unpaired) electrons. The van der Waals surface area contributed by atoms with Crippen LogP contribution in [0, 0.1) is 0 Å². The van der Waals surface area contributed by atoms with Gasteiger partial charge in [0.25, 0.3) is 0 Å². The SMILES string of the molecule is Nc1ccc(CCn2cc(Cl)c3ccccc32)cc1. The van der Waals surface area contributed by atoms with Crippen molar-refractivity contribution in [1.29, 1.82) is 0 Å². The molecule has 0 aliphatic heterocycles. The highest BCUT2D eigenvalue weighted by Gasteiger charge is 2.05. The molecular weight excluding hydrogens is 256 g/mol. The number of nitrogen functional groups attached to an aromatic ring is 1. The van der Waals surface area contributed by atoms with Gasteiger partial charge >= 0.3 is 0 Å². The summed E-state index contributed by atoms with van der Waals surface area (Å²) in [5.74, 6) is 0. The van der Waals surface area contributed by atoms with E-state index in [1.807, 2.05) is 30.5 Å². The molecule has 19 heavy (non-hydrogen) atoms. The van der Waals surface area contributed by atoms with E-state index in [1.54, 1.807) is 0 Å². The van der Waals surface area contributed by atoms with Crippen molar-refractivity contribution in [2.45, 2.75) is 13.0 Å². The standard InChI is InChI=1S/C16H15ClN2/c17-15-11-19(16-4-2-1-3-14(15)16)10-9-12-5-7-13(18)8-6-12/h1-8,11H,9-10,18H2. The maximum absolute atomic E-state index is 6.24. The van der Waals surface area contributed by atoms with Gasteiger partial charge in [-0.3, -0.25) is 0 Å². The van der Waals surface area contributed by atoms with Crippen LogP contribution in [0.3, 0.4) is 0 Å². The van der Waals surface area contributed by atoms with E-state index >= 15 is 0 Å². The first-order valence-electron chi connectivity index (χ1n) is 6.32. The van der Waals surface area contributed by atoms with Gasteiger partial charge in [0.1, 0.15) is 0 Å². The molecule has 3 aromatic rings. The largest absolute Gasteiger partial charge is 0.399 e. The summed E-state index contributed by atoms with van der Waals surface area (Å²) >= 11 is 6.24. The van der Waals surface area contributed by atoms with Gasteiger partial charge in [0.2, 0.25) is 0 Å². The average molecular weight is 271 g/mol. The molecule has 0 spiro atoms. The predicted molar refractivity (Wildman–Crippen MR) is 81.5 cm³/mol. The Balaban J connectivity index is 1.84. The molecule has 2 aromatic carbocycles. The Morgan fingerprint density at radius 1 is 1.00 bits per heavy atom. The molecule has 0 saturated heterocycles. The number of halogens is 1. The van der Waals surface area contributed by atoms with Crippen molar-refractivity contribution in [3.63, 3.8) is 0 Å². The van der Waals surface area contributed by atoms with Crippen molar-refractivity contribution < 1.29 is 0 Å². The van der Waals surface area contributed by atoms with Gasteiger partial charge in [-0.15, -0.1) is 0 Å². The van der Waals surface area contributed by atoms with E-state index in [-0.39, 0.29) is 0 Å². The molecule has 1 aromatic heterocycles. The molecule has 2 N–H and O–H groups in total. The van der Waals surface area contributed by atoms with E-state index in [9.17, 15) is 0 Å². The van der Waals surface area contributed by atoms with Gasteiger partial charge in [0.05, 0.1) is 5.02 Å². The molecule has 3 rings (SSSR count). The molecule has 0 bridgehead atoms. The first-order valence-corrected chi connectivity index (χ1v) is 6.69. The summed E-state index contributed by atoms with van der Waals surface area (Å²) in [6.07, 6.45) is 2.97. The lowest BCUT2D eigenvalue weighted by atomic mass is 10.1. The van der Waals surface area contributed by atoms with Gasteiger partial charge in [-0.2, -0.15) is 0 Å². The van der Waals surface area contributed by atoms with Gasteiger partial charge in [-0.1, -0.05) is 41.9 Å². The fourth-order valence-electron chi connectivity index (χ4n) is 2.32. The van der Waals surface area contributed by atoms with Crippen LogP contribution < -0.4 is 5.73 Å². The first kappa shape index (κ1) is 12.1. The van der Waals surface area contributed by atoms with Crippen LogP contribution in [0.1, 0.15) is 5.56 Å². The molecule has 0 atom stereocenters. The topological polar surface area (TPSA) is 30.9 Å². The zero-order chi connectivity index (χ0) is 13.2. The van der Waals surface area contributed by atoms with E-state index in [0.29, 0.717) is 0 Å². The van der Waals surface area contributed by atoms with Crippen LogP contribution in [0.25, 0.3) is 10.9 Å². The lowest BCUT2D eigenvalue weighted by molar-refractivity contribution is 0.723. The maximum atomic E-state index is 6.24. The molecule has 0 unspecified atom stereocenters. The van der Waals surface area contributed by atoms with Crippen LogP contribution in [0.5, 0.6) is 0 Å². The normalized spacial score (nSPS) is 11.0. The van der Waals surface area contributed by atoms with Crippen LogP contribution in [-0.2, 0) is 13.0 Å². The van der Waals surface area contributed by atoms with E-state index in [2.05, 4.69) is 28.8 Å². The molecule has 1 heterocycles. The minimum Gasteiger partial charge on any atom is -0.399 e. The molecule has 96 valence electrons. The lowest BCUT2D eigenvalue weighted by Gasteiger charge is -2.05. The number of nitrogens with zero attached hydrogens (tertiary/aromatic N) is 1. The van der Waals surface area contributed by atoms with Crippen LogP contribution in [0.2, 0.25) is 5.02 Å². The Morgan fingerprint density at radius 3 is 2.53 bits per heavy atom. The predicted octanol–water partition coefficient (Wildman–Crippen LogP) is 4.12. The second kappa shape index (κ2) is 4.98. The molecule has 0 fully saturated rings. The number of nitrogens with two attached hydrogens (primary N) is 1. The molecule has 2 nitrogen and oxygen atoms in total. The highest BCUT2D eigenvalue weighted by atomic mass is 35.5. The number of rotatable bonds is 3. The average Bonchev–Trinajstić information content (AvgIpc) is 2.76. The Hall–Kier alpha value is -1.93. The molecular formula is C16H15ClN2. The molecule has 0 saturated carbocycles. The number of aryl methyl sites for hydroxylation is 2. The second-order valence-corrected chi connectivity index (χ2v) is 5.09. The summed E-state index contributed by atoms with van der Waals surface area (Å²) in [7, 11) is 0. The zero-order valence-corrected chi connectivity index (χ0v) is 11.3. The number of fused-ring (bicyclic) bond motifs is 1. The highest BCUT2D eigenvalue weighted by Crippen LogP contribution is 2.25. The number of para-hydroxylation sites is 1. The fourth-order valence-corrected chi connectivity index (χ4v) is 2.60. The van der Waals surface area contributed by atoms with Crippen LogP contribution in [-0.4, -0.2) is 4.57 Å². The number of aromatic nitrogens is 1. The Kier molecular flexibility index (Phi) is 3.18. The summed E-state index contributed by atoms with van der Waals surface area (Å²) in [5.41, 5.74) is 8.96. The van der Waals surface area contributed by atoms with Crippen molar-refractivity contribution in [2.75, 3.05) is 5.73 Å². The Labute approximate surface area is 117 Å². The van der Waals surface area contributed by atoms with E-state index in [1.165, 1.54) is 11.1 Å². The summed E-state index contributed by atoms with van der Waals surface area (Å²) in [6, 6.07) is 16.2. The number of anilines is 1. The Bertz CT molecular complexity index is 698. The first-order chi connectivity index (χ1) is 9.24. The van der Waals surface area contributed by atoms with Crippen molar-refractivity contribution >= 4 is 28.2 Å². The molecule has 0 amide bonds. The smallest absolute Gasteiger partial charge is 0.0661 e. The maximum Gasteiger partial charge on any atom is 0.0661 e. The number of hydrogen-bond donors (Lipinski definition) is 1. The van der Waals surface area contributed by atoms with Gasteiger partial charge in [-0.25, -0.2) is 0 Å². The van der Waals surface area contributed by atoms with Crippen LogP contribution in [0.4, 0.5) is 5.69 Å². The van der Waals surface area contributed by atoms with Crippen molar-refractivity contribution in [1.82, 2.24) is 4.57 Å². The van der Waals surface area contributed by atoms with Crippen molar-refractivity contribution in [3.8, 4) is 0 Å². The molecule has 0 aliphatic carbocycles. The number of benzene rings is 2. The third kappa shape index (κ3) is 2.45. The lowest BCUT2D eigenvalue weighted by Crippen LogP contribution is -1.99. The minimum absolute atomic E-state index is 0.804. The monoisotopic (exact) mass is 270 g/mol. The minimum atomic E-state index is 0.804. The third-order valence-corrected chi connectivity index (χ3v) is 3.66. The quantitative estimate of drug-likeness (QED) is 0.713. The zero-order valence-electron chi connectivity index (χ0n) is 10.5. The summed E-state index contributed by atoms with van der Waals surface area (Å²) in [6.45, 7) is 0.914. The second-order valence-electron chi connectivity index (χ2n) is 4.68. The Morgan fingerprint density at radius 2 is 1.74 bits per heavy atom. The number of hydrogen-bond acceptors (Lipinski definition) is 1. The van der Waals surface area contributed by atoms with Crippen molar-refractivity contribution in [3.05, 3.63) is 65.3 Å². The fraction of sp³-hybridized carbons (Fsp3) is 0.125. The van der Waals surface area contributed by atoms with Crippen molar-refractivity contribution in [2.24, 2.45) is 0 Å². The molecule has 0 aliphatic rings. The van der Waals surface area contributed by atoms with Gasteiger partial charge in [0.15, 0.2) is 0 Å². The van der Waals surface area contributed by atoms with Crippen LogP contribution in [0.15, 0.2) is 54.7 Å². The summed E-state index contributed by atoms with van der Waals surface area (Å²) < 4.78 is 2.20. The van der Waals surface area contributed by atoms with Gasteiger partial charge in [-0.05, 0) is 30.2 Å². The van der Waals surface area contributed by atoms with Crippen LogP contribution >= 0.6 is 11.6 Å². The van der Waals surface area contributed by atoms with Gasteiger partial charge < -0.3 is 10.3 Å². The van der Waals surface area contributed by atoms with E-state index in [4.69, 9.17) is 17.3 Å². The third-order valence-electron chi connectivity index (χ3n) is 3.36. The van der Waals surface area contributed by atoms with Gasteiger partial charge in [0, 0.05) is 29.3 Å². The molecule has 3 heteroatoms. The highest BCUT2D eigenvalue weighted by molar-refractivity contribution is 6.35. The van der Waals surface area contributed by atoms with E-state index in [0.717, 1.165) is 29.1 Å².